The molecule has 0 fully saturated rings. The Balaban J connectivity index is 1.82. The van der Waals surface area contributed by atoms with Gasteiger partial charge in [-0.1, -0.05) is 45.9 Å². The van der Waals surface area contributed by atoms with Gasteiger partial charge in [0.2, 0.25) is 5.89 Å². The monoisotopic (exact) mass is 345 g/mol. The second-order valence-electron chi connectivity index (χ2n) is 7.22. The summed E-state index contributed by atoms with van der Waals surface area (Å²) in [7, 11) is 0. The molecule has 3 N–H and O–H groups in total. The van der Waals surface area contributed by atoms with E-state index in [0.29, 0.717) is 18.1 Å². The molecule has 1 atom stereocenters. The molecule has 136 valence electrons. The standard InChI is InChI=1S/C19H27N3O3/c1-13(2)16(23)19(3,4)12-21-18(24)20-10-15-11-25-17(22-15)14-8-6-5-7-9-14/h5-9,11,13,16,23H,10,12H2,1-4H3,(H2,20,21,24)/t16-/m0/s1. The van der Waals surface area contributed by atoms with Crippen molar-refractivity contribution in [3.63, 3.8) is 0 Å². The van der Waals surface area contributed by atoms with Crippen LogP contribution in [0, 0.1) is 11.3 Å². The molecule has 0 spiro atoms. The smallest absolute Gasteiger partial charge is 0.315 e. The number of benzene rings is 1. The molecule has 0 aliphatic rings. The van der Waals surface area contributed by atoms with Crippen LogP contribution in [0.1, 0.15) is 33.4 Å². The molecule has 0 aliphatic carbocycles. The van der Waals surface area contributed by atoms with Gasteiger partial charge in [-0.2, -0.15) is 0 Å². The number of nitrogens with zero attached hydrogens (tertiary/aromatic N) is 1. The largest absolute Gasteiger partial charge is 0.444 e. The van der Waals surface area contributed by atoms with Crippen LogP contribution in [-0.4, -0.2) is 28.8 Å². The molecule has 0 unspecified atom stereocenters. The fourth-order valence-corrected chi connectivity index (χ4v) is 2.65. The SMILES string of the molecule is CC(C)[C@H](O)C(C)(C)CNC(=O)NCc1coc(-c2ccccc2)n1. The third-order valence-corrected chi connectivity index (χ3v) is 4.14. The highest BCUT2D eigenvalue weighted by molar-refractivity contribution is 5.73. The highest BCUT2D eigenvalue weighted by atomic mass is 16.3. The average molecular weight is 345 g/mol. The zero-order chi connectivity index (χ0) is 18.4. The molecule has 0 radical (unpaired) electrons. The number of rotatable bonds is 7. The summed E-state index contributed by atoms with van der Waals surface area (Å²) < 4.78 is 5.44. The molecule has 0 bridgehead atoms. The Kier molecular flexibility index (Phi) is 6.20. The Bertz CT molecular complexity index is 680. The summed E-state index contributed by atoms with van der Waals surface area (Å²) in [6.45, 7) is 8.44. The van der Waals surface area contributed by atoms with Crippen LogP contribution in [0.3, 0.4) is 0 Å². The van der Waals surface area contributed by atoms with E-state index in [1.807, 2.05) is 58.0 Å². The van der Waals surface area contributed by atoms with Crippen molar-refractivity contribution in [1.82, 2.24) is 15.6 Å². The Morgan fingerprint density at radius 3 is 2.56 bits per heavy atom. The zero-order valence-corrected chi connectivity index (χ0v) is 15.2. The summed E-state index contributed by atoms with van der Waals surface area (Å²) in [6.07, 6.45) is 1.05. The van der Waals surface area contributed by atoms with Gasteiger partial charge >= 0.3 is 6.03 Å². The number of aromatic nitrogens is 1. The van der Waals surface area contributed by atoms with Crippen molar-refractivity contribution in [3.05, 3.63) is 42.3 Å². The van der Waals surface area contributed by atoms with Gasteiger partial charge in [0.05, 0.1) is 18.3 Å². The minimum atomic E-state index is -0.489. The summed E-state index contributed by atoms with van der Waals surface area (Å²) >= 11 is 0. The number of hydrogen-bond donors (Lipinski definition) is 3. The van der Waals surface area contributed by atoms with E-state index in [9.17, 15) is 9.90 Å². The van der Waals surface area contributed by atoms with Crippen molar-refractivity contribution in [2.75, 3.05) is 6.54 Å². The van der Waals surface area contributed by atoms with Gasteiger partial charge in [0.25, 0.3) is 0 Å². The van der Waals surface area contributed by atoms with Crippen LogP contribution in [0.25, 0.3) is 11.5 Å². The fourth-order valence-electron chi connectivity index (χ4n) is 2.65. The number of nitrogens with one attached hydrogen (secondary N) is 2. The first-order valence-electron chi connectivity index (χ1n) is 8.49. The molecule has 1 aromatic heterocycles. The van der Waals surface area contributed by atoms with Gasteiger partial charge in [0, 0.05) is 17.5 Å². The highest BCUT2D eigenvalue weighted by Crippen LogP contribution is 2.25. The summed E-state index contributed by atoms with van der Waals surface area (Å²) in [6, 6.07) is 9.29. The fraction of sp³-hybridized carbons (Fsp3) is 0.474. The van der Waals surface area contributed by atoms with Crippen LogP contribution < -0.4 is 10.6 Å². The van der Waals surface area contributed by atoms with E-state index in [1.165, 1.54) is 6.26 Å². The number of aliphatic hydroxyl groups excluding tert-OH is 1. The van der Waals surface area contributed by atoms with Crippen LogP contribution in [0.5, 0.6) is 0 Å². The number of urea groups is 1. The van der Waals surface area contributed by atoms with E-state index in [4.69, 9.17) is 4.42 Å². The average Bonchev–Trinajstić information content (AvgIpc) is 3.07. The van der Waals surface area contributed by atoms with E-state index in [2.05, 4.69) is 15.6 Å². The summed E-state index contributed by atoms with van der Waals surface area (Å²) in [5.74, 6) is 0.658. The lowest BCUT2D eigenvalue weighted by Crippen LogP contribution is -2.46. The molecule has 0 saturated heterocycles. The number of carbonyl (C=O) groups excluding carboxylic acids is 1. The Morgan fingerprint density at radius 1 is 1.24 bits per heavy atom. The predicted molar refractivity (Wildman–Crippen MR) is 96.8 cm³/mol. The van der Waals surface area contributed by atoms with Gasteiger partial charge in [-0.25, -0.2) is 9.78 Å². The Morgan fingerprint density at radius 2 is 1.92 bits per heavy atom. The van der Waals surface area contributed by atoms with Gasteiger partial charge in [-0.15, -0.1) is 0 Å². The molecular weight excluding hydrogens is 318 g/mol. The van der Waals surface area contributed by atoms with Crippen molar-refractivity contribution < 1.29 is 14.3 Å². The quantitative estimate of drug-likeness (QED) is 0.719. The lowest BCUT2D eigenvalue weighted by Gasteiger charge is -2.33. The summed E-state index contributed by atoms with van der Waals surface area (Å²) in [4.78, 5) is 16.3. The summed E-state index contributed by atoms with van der Waals surface area (Å²) in [5.41, 5.74) is 1.14. The van der Waals surface area contributed by atoms with Crippen LogP contribution in [0.4, 0.5) is 4.79 Å². The van der Waals surface area contributed by atoms with Crippen LogP contribution in [-0.2, 0) is 6.54 Å². The molecule has 1 aromatic carbocycles. The second kappa shape index (κ2) is 8.16. The minimum absolute atomic E-state index is 0.131. The molecule has 2 amide bonds. The first-order chi connectivity index (χ1) is 11.8. The molecule has 2 aromatic rings. The van der Waals surface area contributed by atoms with Crippen LogP contribution in [0.15, 0.2) is 41.0 Å². The molecule has 2 rings (SSSR count). The van der Waals surface area contributed by atoms with Crippen LogP contribution in [0.2, 0.25) is 0 Å². The predicted octanol–water partition coefficient (Wildman–Crippen LogP) is 3.18. The van der Waals surface area contributed by atoms with Crippen molar-refractivity contribution in [2.24, 2.45) is 11.3 Å². The zero-order valence-electron chi connectivity index (χ0n) is 15.2. The third-order valence-electron chi connectivity index (χ3n) is 4.14. The second-order valence-corrected chi connectivity index (χ2v) is 7.22. The molecule has 1 heterocycles. The highest BCUT2D eigenvalue weighted by Gasteiger charge is 2.30. The van der Waals surface area contributed by atoms with Gasteiger partial charge in [0.1, 0.15) is 6.26 Å². The molecule has 0 aliphatic heterocycles. The minimum Gasteiger partial charge on any atom is -0.444 e. The maximum Gasteiger partial charge on any atom is 0.315 e. The summed E-state index contributed by atoms with van der Waals surface area (Å²) in [5, 5.41) is 15.7. The van der Waals surface area contributed by atoms with Crippen molar-refractivity contribution in [2.45, 2.75) is 40.3 Å². The van der Waals surface area contributed by atoms with Crippen LogP contribution >= 0.6 is 0 Å². The number of aliphatic hydroxyl groups is 1. The molecule has 6 nitrogen and oxygen atoms in total. The first-order valence-corrected chi connectivity index (χ1v) is 8.49. The van der Waals surface area contributed by atoms with E-state index >= 15 is 0 Å². The van der Waals surface area contributed by atoms with Crippen molar-refractivity contribution in [1.29, 1.82) is 0 Å². The molecule has 0 saturated carbocycles. The van der Waals surface area contributed by atoms with E-state index in [0.717, 1.165) is 5.56 Å². The maximum absolute atomic E-state index is 12.0. The third kappa shape index (κ3) is 5.32. The first kappa shape index (κ1) is 19.0. The number of carbonyl (C=O) groups is 1. The van der Waals surface area contributed by atoms with Gasteiger partial charge in [-0.05, 0) is 18.1 Å². The Hall–Kier alpha value is -2.34. The lowest BCUT2D eigenvalue weighted by atomic mass is 9.81. The van der Waals surface area contributed by atoms with E-state index in [1.54, 1.807) is 0 Å². The maximum atomic E-state index is 12.0. The number of hydrogen-bond acceptors (Lipinski definition) is 4. The van der Waals surface area contributed by atoms with Crippen molar-refractivity contribution >= 4 is 6.03 Å². The van der Waals surface area contributed by atoms with Gasteiger partial charge in [-0.3, -0.25) is 0 Å². The molecule has 25 heavy (non-hydrogen) atoms. The topological polar surface area (TPSA) is 87.4 Å². The number of oxazole rings is 1. The lowest BCUT2D eigenvalue weighted by molar-refractivity contribution is 0.0151. The molecule has 6 heteroatoms. The van der Waals surface area contributed by atoms with Gasteiger partial charge < -0.3 is 20.2 Å². The van der Waals surface area contributed by atoms with Crippen molar-refractivity contribution in [3.8, 4) is 11.5 Å². The van der Waals surface area contributed by atoms with E-state index in [-0.39, 0.29) is 18.5 Å². The van der Waals surface area contributed by atoms with E-state index < -0.39 is 11.5 Å². The number of amides is 2. The Labute approximate surface area is 148 Å². The normalized spacial score (nSPS) is 12.9. The molecular formula is C19H27N3O3. The van der Waals surface area contributed by atoms with Gasteiger partial charge in [0.15, 0.2) is 0 Å².